The summed E-state index contributed by atoms with van der Waals surface area (Å²) in [7, 11) is 3.47. The van der Waals surface area contributed by atoms with Crippen molar-refractivity contribution in [1.29, 1.82) is 0 Å². The Hall–Kier alpha value is -2.41. The Bertz CT molecular complexity index is 687. The second kappa shape index (κ2) is 6.36. The van der Waals surface area contributed by atoms with E-state index < -0.39 is 5.97 Å². The lowest BCUT2D eigenvalue weighted by Gasteiger charge is -2.14. The van der Waals surface area contributed by atoms with Crippen molar-refractivity contribution in [3.63, 3.8) is 0 Å². The quantitative estimate of drug-likeness (QED) is 0.855. The van der Waals surface area contributed by atoms with Crippen molar-refractivity contribution in [2.75, 3.05) is 7.05 Å². The maximum absolute atomic E-state index is 12.1. The zero-order valence-electron chi connectivity index (χ0n) is 11.7. The number of hydrogen-bond acceptors (Lipinski definition) is 4. The van der Waals surface area contributed by atoms with Gasteiger partial charge in [-0.25, -0.2) is 4.79 Å². The van der Waals surface area contributed by atoms with Crippen LogP contribution in [0.15, 0.2) is 29.8 Å². The molecular formula is C14H15N3O3S. The van der Waals surface area contributed by atoms with Crippen LogP contribution in [0.2, 0.25) is 0 Å². The maximum atomic E-state index is 12.1. The Kier molecular flexibility index (Phi) is 4.54. The number of carboxylic acids is 1. The van der Waals surface area contributed by atoms with Crippen molar-refractivity contribution in [2.24, 2.45) is 7.05 Å². The fraction of sp³-hybridized carbons (Fsp3) is 0.214. The van der Waals surface area contributed by atoms with Gasteiger partial charge in [0.15, 0.2) is 0 Å². The van der Waals surface area contributed by atoms with Crippen LogP contribution in [0, 0.1) is 0 Å². The van der Waals surface area contributed by atoms with Crippen LogP contribution in [0.1, 0.15) is 20.9 Å². The van der Waals surface area contributed by atoms with Crippen molar-refractivity contribution in [2.45, 2.75) is 6.54 Å². The summed E-state index contributed by atoms with van der Waals surface area (Å²) in [5, 5.41) is 14.5. The minimum absolute atomic E-state index is 0.147. The summed E-state index contributed by atoms with van der Waals surface area (Å²) >= 11 is 1.48. The van der Waals surface area contributed by atoms with E-state index in [-0.39, 0.29) is 5.91 Å². The van der Waals surface area contributed by atoms with Gasteiger partial charge >= 0.3 is 5.97 Å². The van der Waals surface area contributed by atoms with Gasteiger partial charge in [-0.05, 0) is 29.2 Å². The van der Waals surface area contributed by atoms with Crippen molar-refractivity contribution >= 4 is 29.3 Å². The molecule has 2 aromatic heterocycles. The molecule has 0 saturated heterocycles. The molecule has 0 bridgehead atoms. The largest absolute Gasteiger partial charge is 0.478 e. The molecule has 1 amide bonds. The monoisotopic (exact) mass is 305 g/mol. The molecule has 21 heavy (non-hydrogen) atoms. The maximum Gasteiger partial charge on any atom is 0.328 e. The summed E-state index contributed by atoms with van der Waals surface area (Å²) in [6.07, 6.45) is 4.35. The van der Waals surface area contributed by atoms with E-state index in [1.165, 1.54) is 17.4 Å². The fourth-order valence-electron chi connectivity index (χ4n) is 1.77. The van der Waals surface area contributed by atoms with E-state index in [0.29, 0.717) is 12.2 Å². The predicted octanol–water partition coefficient (Wildman–Crippen LogP) is 1.85. The first-order chi connectivity index (χ1) is 9.95. The lowest BCUT2D eigenvalue weighted by Crippen LogP contribution is -2.26. The van der Waals surface area contributed by atoms with E-state index in [0.717, 1.165) is 16.5 Å². The third-order valence-electron chi connectivity index (χ3n) is 2.76. The highest BCUT2D eigenvalue weighted by atomic mass is 32.1. The number of amides is 1. The average Bonchev–Trinajstić information content (AvgIpc) is 3.04. The number of carbonyl (C=O) groups excluding carboxylic acids is 1. The molecule has 2 rings (SSSR count). The van der Waals surface area contributed by atoms with Gasteiger partial charge in [0.2, 0.25) is 0 Å². The van der Waals surface area contributed by atoms with E-state index in [9.17, 15) is 9.59 Å². The lowest BCUT2D eigenvalue weighted by molar-refractivity contribution is -0.131. The number of carboxylic acid groups (broad SMARTS) is 1. The molecule has 0 fully saturated rings. The Morgan fingerprint density at radius 1 is 1.52 bits per heavy atom. The highest BCUT2D eigenvalue weighted by molar-refractivity contribution is 7.10. The van der Waals surface area contributed by atoms with Crippen LogP contribution in [-0.4, -0.2) is 38.7 Å². The minimum atomic E-state index is -0.981. The number of nitrogens with zero attached hydrogens (tertiary/aromatic N) is 3. The number of rotatable bonds is 5. The van der Waals surface area contributed by atoms with Gasteiger partial charge in [-0.3, -0.25) is 9.48 Å². The molecule has 0 aliphatic heterocycles. The van der Waals surface area contributed by atoms with Gasteiger partial charge in [0, 0.05) is 31.2 Å². The summed E-state index contributed by atoms with van der Waals surface area (Å²) < 4.78 is 1.58. The number of carbonyl (C=O) groups is 2. The number of hydrogen-bond donors (Lipinski definition) is 1. The molecule has 0 radical (unpaired) electrons. The lowest BCUT2D eigenvalue weighted by atomic mass is 10.2. The second-order valence-corrected chi connectivity index (χ2v) is 5.55. The first-order valence-electron chi connectivity index (χ1n) is 6.19. The highest BCUT2D eigenvalue weighted by Gasteiger charge is 2.15. The highest BCUT2D eigenvalue weighted by Crippen LogP contribution is 2.18. The van der Waals surface area contributed by atoms with E-state index in [2.05, 4.69) is 5.10 Å². The number of aromatic nitrogens is 2. The first kappa shape index (κ1) is 15.0. The minimum Gasteiger partial charge on any atom is -0.478 e. The van der Waals surface area contributed by atoms with E-state index in [4.69, 9.17) is 5.11 Å². The van der Waals surface area contributed by atoms with Gasteiger partial charge in [0.25, 0.3) is 5.91 Å². The van der Waals surface area contributed by atoms with Gasteiger partial charge < -0.3 is 10.0 Å². The molecule has 0 atom stereocenters. The zero-order valence-corrected chi connectivity index (χ0v) is 12.5. The van der Waals surface area contributed by atoms with Gasteiger partial charge in [-0.15, -0.1) is 11.3 Å². The van der Waals surface area contributed by atoms with Gasteiger partial charge in [-0.1, -0.05) is 0 Å². The molecule has 0 aliphatic rings. The molecule has 0 saturated carbocycles. The Morgan fingerprint density at radius 2 is 2.29 bits per heavy atom. The standard InChI is InChI=1S/C14H15N3O3S/c1-16(14(20)12-5-6-17(2)15-12)8-11-7-10(9-21-11)3-4-13(18)19/h3-7,9H,8H2,1-2H3,(H,18,19)/b4-3+. The van der Waals surface area contributed by atoms with Crippen LogP contribution in [0.25, 0.3) is 6.08 Å². The topological polar surface area (TPSA) is 75.4 Å². The molecule has 2 aromatic rings. The Labute approximate surface area is 125 Å². The van der Waals surface area contributed by atoms with E-state index in [1.54, 1.807) is 35.9 Å². The number of thiophene rings is 1. The normalized spacial score (nSPS) is 11.0. The molecule has 1 N–H and O–H groups in total. The summed E-state index contributed by atoms with van der Waals surface area (Å²) in [6, 6.07) is 3.54. The van der Waals surface area contributed by atoms with E-state index in [1.807, 2.05) is 11.4 Å². The van der Waals surface area contributed by atoms with Crippen LogP contribution in [0.4, 0.5) is 0 Å². The van der Waals surface area contributed by atoms with Crippen LogP contribution in [0.3, 0.4) is 0 Å². The first-order valence-corrected chi connectivity index (χ1v) is 7.07. The van der Waals surface area contributed by atoms with Crippen molar-refractivity contribution in [3.05, 3.63) is 45.9 Å². The summed E-state index contributed by atoms with van der Waals surface area (Å²) in [5.41, 5.74) is 1.22. The van der Waals surface area contributed by atoms with E-state index >= 15 is 0 Å². The third kappa shape index (κ3) is 4.03. The molecule has 0 aliphatic carbocycles. The average molecular weight is 305 g/mol. The van der Waals surface area contributed by atoms with Crippen molar-refractivity contribution in [1.82, 2.24) is 14.7 Å². The molecule has 0 spiro atoms. The fourth-order valence-corrected chi connectivity index (χ4v) is 2.67. The molecular weight excluding hydrogens is 290 g/mol. The third-order valence-corrected chi connectivity index (χ3v) is 3.70. The predicted molar refractivity (Wildman–Crippen MR) is 80.0 cm³/mol. The van der Waals surface area contributed by atoms with Crippen molar-refractivity contribution in [3.8, 4) is 0 Å². The summed E-state index contributed by atoms with van der Waals surface area (Å²) in [5.74, 6) is -1.13. The van der Waals surface area contributed by atoms with Crippen LogP contribution < -0.4 is 0 Å². The van der Waals surface area contributed by atoms with Gasteiger partial charge in [0.05, 0.1) is 6.54 Å². The Balaban J connectivity index is 2.01. The molecule has 6 nitrogen and oxygen atoms in total. The molecule has 0 unspecified atom stereocenters. The SMILES string of the molecule is CN(Cc1cc(/C=C/C(=O)O)cs1)C(=O)c1ccn(C)n1. The molecule has 0 aromatic carbocycles. The molecule has 2 heterocycles. The summed E-state index contributed by atoms with van der Waals surface area (Å²) in [4.78, 5) is 25.2. The smallest absolute Gasteiger partial charge is 0.328 e. The number of aryl methyl sites for hydroxylation is 1. The van der Waals surface area contributed by atoms with Crippen LogP contribution >= 0.6 is 11.3 Å². The molecule has 110 valence electrons. The van der Waals surface area contributed by atoms with Crippen LogP contribution in [-0.2, 0) is 18.4 Å². The second-order valence-electron chi connectivity index (χ2n) is 4.55. The molecule has 7 heteroatoms. The zero-order chi connectivity index (χ0) is 15.4. The Morgan fingerprint density at radius 3 is 2.90 bits per heavy atom. The van der Waals surface area contributed by atoms with Gasteiger partial charge in [-0.2, -0.15) is 5.10 Å². The van der Waals surface area contributed by atoms with Crippen molar-refractivity contribution < 1.29 is 14.7 Å². The van der Waals surface area contributed by atoms with Crippen LogP contribution in [0.5, 0.6) is 0 Å². The summed E-state index contributed by atoms with van der Waals surface area (Å²) in [6.45, 7) is 0.459. The number of aliphatic carboxylic acids is 1. The van der Waals surface area contributed by atoms with Gasteiger partial charge in [0.1, 0.15) is 5.69 Å².